The molecule has 16 heavy (non-hydrogen) atoms. The van der Waals surface area contributed by atoms with E-state index in [1.165, 1.54) is 11.1 Å². The van der Waals surface area contributed by atoms with Gasteiger partial charge < -0.3 is 4.74 Å². The second-order valence-corrected chi connectivity index (χ2v) is 4.96. The Morgan fingerprint density at radius 1 is 1.50 bits per heavy atom. The van der Waals surface area contributed by atoms with Crippen LogP contribution in [-0.2, 0) is 16.0 Å². The van der Waals surface area contributed by atoms with Gasteiger partial charge in [0.1, 0.15) is 5.78 Å². The Bertz CT molecular complexity index is 401. The van der Waals surface area contributed by atoms with Crippen molar-refractivity contribution >= 4 is 21.7 Å². The van der Waals surface area contributed by atoms with E-state index in [0.717, 1.165) is 10.9 Å². The maximum absolute atomic E-state index is 11.4. The number of hydrogen-bond donors (Lipinski definition) is 0. The van der Waals surface area contributed by atoms with Gasteiger partial charge in [-0.3, -0.25) is 4.79 Å². The molecule has 86 valence electrons. The summed E-state index contributed by atoms with van der Waals surface area (Å²) in [5, 5.41) is 0. The van der Waals surface area contributed by atoms with Gasteiger partial charge in [-0.05, 0) is 29.7 Å². The maximum atomic E-state index is 11.4. The molecule has 1 heterocycles. The topological polar surface area (TPSA) is 26.3 Å². The van der Waals surface area contributed by atoms with Crippen molar-refractivity contribution in [1.82, 2.24) is 0 Å². The summed E-state index contributed by atoms with van der Waals surface area (Å²) in [4.78, 5) is 11.4. The van der Waals surface area contributed by atoms with Crippen molar-refractivity contribution in [3.63, 3.8) is 0 Å². The molecule has 0 aliphatic carbocycles. The van der Waals surface area contributed by atoms with Crippen molar-refractivity contribution in [2.75, 3.05) is 6.61 Å². The Morgan fingerprint density at radius 2 is 2.31 bits per heavy atom. The van der Waals surface area contributed by atoms with E-state index in [2.05, 4.69) is 35.0 Å². The lowest BCUT2D eigenvalue weighted by molar-refractivity contribution is -0.128. The fourth-order valence-corrected chi connectivity index (χ4v) is 2.49. The van der Waals surface area contributed by atoms with Gasteiger partial charge in [-0.25, -0.2) is 0 Å². The van der Waals surface area contributed by atoms with Crippen LogP contribution in [0.1, 0.15) is 37.0 Å². The third-order valence-electron chi connectivity index (χ3n) is 2.95. The number of benzene rings is 1. The lowest BCUT2D eigenvalue weighted by Crippen LogP contribution is -2.20. The van der Waals surface area contributed by atoms with Crippen molar-refractivity contribution < 1.29 is 9.53 Å². The van der Waals surface area contributed by atoms with Crippen LogP contribution in [0.4, 0.5) is 0 Å². The molecule has 2 nitrogen and oxygen atoms in total. The van der Waals surface area contributed by atoms with Crippen molar-refractivity contribution in [2.24, 2.45) is 0 Å². The highest BCUT2D eigenvalue weighted by molar-refractivity contribution is 9.10. The molecular weight excluding hydrogens is 268 g/mol. The average Bonchev–Trinajstić information content (AvgIpc) is 2.28. The number of carbonyl (C=O) groups is 1. The van der Waals surface area contributed by atoms with Gasteiger partial charge >= 0.3 is 0 Å². The zero-order valence-electron chi connectivity index (χ0n) is 9.33. The van der Waals surface area contributed by atoms with Gasteiger partial charge in [0.25, 0.3) is 0 Å². The minimum atomic E-state index is -0.0377. The Balaban J connectivity index is 2.28. The molecule has 0 N–H and O–H groups in total. The highest BCUT2D eigenvalue weighted by Gasteiger charge is 2.23. The number of Topliss-reactive ketones (excluding diaryl/α,β-unsaturated/α-hetero) is 1. The van der Waals surface area contributed by atoms with Crippen molar-refractivity contribution in [2.45, 2.75) is 32.3 Å². The van der Waals surface area contributed by atoms with Gasteiger partial charge in [-0.2, -0.15) is 0 Å². The summed E-state index contributed by atoms with van der Waals surface area (Å²) in [5.41, 5.74) is 2.42. The minimum absolute atomic E-state index is 0.0377. The fourth-order valence-electron chi connectivity index (χ4n) is 2.08. The number of rotatable bonds is 2. The van der Waals surface area contributed by atoms with Crippen LogP contribution in [0.5, 0.6) is 0 Å². The molecule has 0 aromatic heterocycles. The number of ether oxygens (including phenoxy) is 1. The van der Waals surface area contributed by atoms with Gasteiger partial charge in [0.15, 0.2) is 0 Å². The fraction of sp³-hybridized carbons (Fsp3) is 0.462. The molecule has 1 saturated heterocycles. The highest BCUT2D eigenvalue weighted by atomic mass is 79.9. The van der Waals surface area contributed by atoms with Crippen LogP contribution < -0.4 is 0 Å². The first kappa shape index (κ1) is 11.8. The molecule has 1 aliphatic rings. The molecule has 0 saturated carbocycles. The molecule has 1 aromatic carbocycles. The minimum Gasteiger partial charge on any atom is -0.373 e. The van der Waals surface area contributed by atoms with E-state index in [4.69, 9.17) is 4.74 Å². The first-order chi connectivity index (χ1) is 7.70. The molecule has 0 radical (unpaired) electrons. The normalized spacial score (nSPS) is 21.1. The van der Waals surface area contributed by atoms with Crippen molar-refractivity contribution in [1.29, 1.82) is 0 Å². The summed E-state index contributed by atoms with van der Waals surface area (Å²) in [5.74, 6) is 0.307. The van der Waals surface area contributed by atoms with Crippen LogP contribution in [0.3, 0.4) is 0 Å². The molecule has 0 amide bonds. The third-order valence-corrected chi connectivity index (χ3v) is 3.44. The predicted molar refractivity (Wildman–Crippen MR) is 66.5 cm³/mol. The van der Waals surface area contributed by atoms with E-state index in [9.17, 15) is 4.79 Å². The van der Waals surface area contributed by atoms with E-state index in [1.807, 2.05) is 6.07 Å². The van der Waals surface area contributed by atoms with Crippen LogP contribution in [0.15, 0.2) is 22.7 Å². The Kier molecular flexibility index (Phi) is 3.77. The van der Waals surface area contributed by atoms with Gasteiger partial charge in [-0.15, -0.1) is 0 Å². The second-order valence-electron chi connectivity index (χ2n) is 4.05. The molecule has 3 heteroatoms. The third kappa shape index (κ3) is 2.53. The second kappa shape index (κ2) is 5.11. The van der Waals surface area contributed by atoms with Crippen LogP contribution >= 0.6 is 15.9 Å². The smallest absolute Gasteiger partial charge is 0.138 e. The Labute approximate surface area is 104 Å². The predicted octanol–water partition coefficient (Wildman–Crippen LogP) is 3.43. The Morgan fingerprint density at radius 3 is 3.00 bits per heavy atom. The summed E-state index contributed by atoms with van der Waals surface area (Å²) >= 11 is 3.47. The van der Waals surface area contributed by atoms with Gasteiger partial charge in [-0.1, -0.05) is 28.9 Å². The monoisotopic (exact) mass is 282 g/mol. The lowest BCUT2D eigenvalue weighted by atomic mass is 9.95. The molecule has 0 bridgehead atoms. The molecule has 1 aliphatic heterocycles. The number of ketones is 1. The lowest BCUT2D eigenvalue weighted by Gasteiger charge is -2.24. The van der Waals surface area contributed by atoms with Crippen molar-refractivity contribution in [3.8, 4) is 0 Å². The van der Waals surface area contributed by atoms with Crippen LogP contribution in [0.25, 0.3) is 0 Å². The molecular formula is C13H15BrO2. The van der Waals surface area contributed by atoms with Gasteiger partial charge in [0.2, 0.25) is 0 Å². The number of halogens is 1. The summed E-state index contributed by atoms with van der Waals surface area (Å²) in [6, 6.07) is 6.18. The first-order valence-electron chi connectivity index (χ1n) is 5.62. The van der Waals surface area contributed by atoms with Crippen LogP contribution in [-0.4, -0.2) is 12.4 Å². The van der Waals surface area contributed by atoms with Crippen LogP contribution in [0, 0.1) is 0 Å². The molecule has 1 aromatic rings. The Hall–Kier alpha value is -0.670. The summed E-state index contributed by atoms with van der Waals surface area (Å²) < 4.78 is 6.76. The number of carbonyl (C=O) groups excluding carboxylic acids is 1. The largest absolute Gasteiger partial charge is 0.373 e. The summed E-state index contributed by atoms with van der Waals surface area (Å²) in [6.07, 6.45) is 2.01. The molecule has 1 fully saturated rings. The molecule has 1 atom stereocenters. The van der Waals surface area contributed by atoms with Crippen LogP contribution in [0.2, 0.25) is 0 Å². The first-order valence-corrected chi connectivity index (χ1v) is 6.41. The SMILES string of the molecule is CCc1cc(Br)ccc1C1CC(=O)CCO1. The van der Waals surface area contributed by atoms with Gasteiger partial charge in [0, 0.05) is 17.3 Å². The molecule has 1 unspecified atom stereocenters. The van der Waals surface area contributed by atoms with E-state index in [-0.39, 0.29) is 6.10 Å². The zero-order valence-corrected chi connectivity index (χ0v) is 10.9. The molecule has 0 spiro atoms. The van der Waals surface area contributed by atoms with E-state index in [1.54, 1.807) is 0 Å². The van der Waals surface area contributed by atoms with Crippen molar-refractivity contribution in [3.05, 3.63) is 33.8 Å². The number of aryl methyl sites for hydroxylation is 1. The average molecular weight is 283 g/mol. The highest BCUT2D eigenvalue weighted by Crippen LogP contribution is 2.30. The zero-order chi connectivity index (χ0) is 11.5. The van der Waals surface area contributed by atoms with E-state index in [0.29, 0.717) is 25.2 Å². The number of hydrogen-bond acceptors (Lipinski definition) is 2. The summed E-state index contributed by atoms with van der Waals surface area (Å²) in [7, 11) is 0. The van der Waals surface area contributed by atoms with E-state index < -0.39 is 0 Å². The maximum Gasteiger partial charge on any atom is 0.138 e. The van der Waals surface area contributed by atoms with E-state index >= 15 is 0 Å². The molecule has 2 rings (SSSR count). The quantitative estimate of drug-likeness (QED) is 0.831. The standard InChI is InChI=1S/C13H15BrO2/c1-2-9-7-10(14)3-4-12(9)13-8-11(15)5-6-16-13/h3-4,7,13H,2,5-6,8H2,1H3. The van der Waals surface area contributed by atoms with Gasteiger partial charge in [0.05, 0.1) is 12.7 Å². The summed E-state index contributed by atoms with van der Waals surface area (Å²) in [6.45, 7) is 2.68.